The number of nitrogens with zero attached hydrogens (tertiary/aromatic N) is 3. The molecule has 2 aromatic carbocycles. The number of aliphatic hydroxyl groups excluding tert-OH is 1. The minimum atomic E-state index is -0.570. The minimum absolute atomic E-state index is 0.190. The molecule has 7 nitrogen and oxygen atoms in total. The van der Waals surface area contributed by atoms with Crippen molar-refractivity contribution in [1.29, 1.82) is 0 Å². The van der Waals surface area contributed by atoms with Crippen molar-refractivity contribution in [2.45, 2.75) is 20.0 Å². The Morgan fingerprint density at radius 2 is 1.79 bits per heavy atom. The Balaban J connectivity index is 1.15. The molecule has 0 radical (unpaired) electrons. The lowest BCUT2D eigenvalue weighted by Crippen LogP contribution is -2.50. The molecule has 0 saturated carbocycles. The number of nitrogens with one attached hydrogen (secondary N) is 1. The van der Waals surface area contributed by atoms with Gasteiger partial charge in [0.1, 0.15) is 18.5 Å². The van der Waals surface area contributed by atoms with E-state index >= 15 is 0 Å². The van der Waals surface area contributed by atoms with Gasteiger partial charge in [0.25, 0.3) is 0 Å². The monoisotopic (exact) mass is 462 g/mol. The highest BCUT2D eigenvalue weighted by Crippen LogP contribution is 2.20. The highest BCUT2D eigenvalue weighted by atomic mass is 16.5. The van der Waals surface area contributed by atoms with Crippen molar-refractivity contribution in [3.63, 3.8) is 0 Å². The number of β-amino-alcohol motifs (C(OH)–C–C–N with tert-alkyl or cyclic N) is 1. The zero-order chi connectivity index (χ0) is 23.9. The van der Waals surface area contributed by atoms with E-state index in [0.717, 1.165) is 59.6 Å². The molecule has 7 heteroatoms. The summed E-state index contributed by atoms with van der Waals surface area (Å²) in [6.45, 7) is 9.00. The number of Topliss-reactive ketones (excluding diaryl/α,β-unsaturated/α-hetero) is 1. The van der Waals surface area contributed by atoms with Gasteiger partial charge in [0.2, 0.25) is 0 Å². The highest BCUT2D eigenvalue weighted by molar-refractivity contribution is 5.85. The Morgan fingerprint density at radius 1 is 1.06 bits per heavy atom. The van der Waals surface area contributed by atoms with Gasteiger partial charge >= 0.3 is 0 Å². The van der Waals surface area contributed by atoms with Crippen molar-refractivity contribution in [2.24, 2.45) is 0 Å². The number of hydrogen-bond acceptors (Lipinski definition) is 7. The molecule has 3 aromatic rings. The van der Waals surface area contributed by atoms with Gasteiger partial charge in [-0.1, -0.05) is 24.3 Å². The number of ketones is 1. The molecule has 34 heavy (non-hydrogen) atoms. The van der Waals surface area contributed by atoms with Crippen molar-refractivity contribution in [3.8, 4) is 5.75 Å². The van der Waals surface area contributed by atoms with Crippen LogP contribution in [-0.4, -0.2) is 84.2 Å². The summed E-state index contributed by atoms with van der Waals surface area (Å²) < 4.78 is 5.80. The lowest BCUT2D eigenvalue weighted by atomic mass is 10.1. The molecule has 0 amide bonds. The second kappa shape index (κ2) is 11.4. The predicted molar refractivity (Wildman–Crippen MR) is 136 cm³/mol. The molecule has 1 fully saturated rings. The number of ether oxygens (including phenoxy) is 1. The SMILES string of the molecule is Cc1cccc(C)c1NCC(=O)CN1CCN(CC(O)COc2ccc3ncccc3c2)CC1. The first-order chi connectivity index (χ1) is 16.5. The Bertz CT molecular complexity index is 1090. The molecule has 0 aliphatic carbocycles. The summed E-state index contributed by atoms with van der Waals surface area (Å²) in [5, 5.41) is 14.8. The van der Waals surface area contributed by atoms with Gasteiger partial charge in [-0.3, -0.25) is 19.6 Å². The number of carbonyl (C=O) groups excluding carboxylic acids is 1. The van der Waals surface area contributed by atoms with Crippen LogP contribution < -0.4 is 10.1 Å². The first-order valence-corrected chi connectivity index (χ1v) is 11.9. The molecule has 4 rings (SSSR count). The highest BCUT2D eigenvalue weighted by Gasteiger charge is 2.21. The van der Waals surface area contributed by atoms with E-state index in [1.54, 1.807) is 6.20 Å². The molecule has 180 valence electrons. The fourth-order valence-electron chi connectivity index (χ4n) is 4.40. The third-order valence-corrected chi connectivity index (χ3v) is 6.29. The molecule has 1 saturated heterocycles. The van der Waals surface area contributed by atoms with E-state index in [1.165, 1.54) is 0 Å². The zero-order valence-electron chi connectivity index (χ0n) is 20.0. The summed E-state index contributed by atoms with van der Waals surface area (Å²) in [7, 11) is 0. The molecule has 1 unspecified atom stereocenters. The van der Waals surface area contributed by atoms with Crippen LogP contribution in [0.3, 0.4) is 0 Å². The Labute approximate surface area is 201 Å². The van der Waals surface area contributed by atoms with E-state index in [9.17, 15) is 9.90 Å². The number of pyridine rings is 1. The first-order valence-electron chi connectivity index (χ1n) is 11.9. The number of anilines is 1. The molecule has 1 aliphatic rings. The van der Waals surface area contributed by atoms with Crippen LogP contribution >= 0.6 is 0 Å². The van der Waals surface area contributed by atoms with Gasteiger partial charge in [-0.2, -0.15) is 0 Å². The second-order valence-electron chi connectivity index (χ2n) is 9.06. The number of fused-ring (bicyclic) bond motifs is 1. The van der Waals surface area contributed by atoms with Crippen LogP contribution in [0.5, 0.6) is 5.75 Å². The van der Waals surface area contributed by atoms with Crippen LogP contribution in [0.15, 0.2) is 54.7 Å². The van der Waals surface area contributed by atoms with Crippen LogP contribution in [-0.2, 0) is 4.79 Å². The van der Waals surface area contributed by atoms with Crippen LogP contribution in [0.2, 0.25) is 0 Å². The predicted octanol–water partition coefficient (Wildman–Crippen LogP) is 2.89. The molecule has 2 N–H and O–H groups in total. The molecule has 1 atom stereocenters. The average molecular weight is 463 g/mol. The fourth-order valence-corrected chi connectivity index (χ4v) is 4.40. The lowest BCUT2D eigenvalue weighted by molar-refractivity contribution is -0.119. The van der Waals surface area contributed by atoms with Crippen LogP contribution in [0.1, 0.15) is 11.1 Å². The second-order valence-corrected chi connectivity index (χ2v) is 9.06. The fraction of sp³-hybridized carbons (Fsp3) is 0.407. The quantitative estimate of drug-likeness (QED) is 0.480. The molecule has 1 aromatic heterocycles. The largest absolute Gasteiger partial charge is 0.491 e. The topological polar surface area (TPSA) is 77.9 Å². The number of rotatable bonds is 10. The number of aryl methyl sites for hydroxylation is 2. The summed E-state index contributed by atoms with van der Waals surface area (Å²) in [6, 6.07) is 15.8. The van der Waals surface area contributed by atoms with Gasteiger partial charge in [0, 0.05) is 50.0 Å². The molecule has 0 bridgehead atoms. The van der Waals surface area contributed by atoms with Gasteiger partial charge in [0.05, 0.1) is 18.6 Å². The maximum Gasteiger partial charge on any atom is 0.165 e. The number of hydrogen-bond donors (Lipinski definition) is 2. The van der Waals surface area contributed by atoms with Gasteiger partial charge < -0.3 is 15.2 Å². The van der Waals surface area contributed by atoms with E-state index in [4.69, 9.17) is 4.74 Å². The third kappa shape index (κ3) is 6.53. The van der Waals surface area contributed by atoms with Crippen molar-refractivity contribution < 1.29 is 14.6 Å². The number of piperazine rings is 1. The van der Waals surface area contributed by atoms with Crippen molar-refractivity contribution in [2.75, 3.05) is 57.7 Å². The standard InChI is InChI=1S/C27H34N4O3/c1-20-5-3-6-21(2)27(20)29-16-23(32)17-30-11-13-31(14-12-30)18-24(33)19-34-25-8-9-26-22(15-25)7-4-10-28-26/h3-10,15,24,29,33H,11-14,16-19H2,1-2H3. The normalized spacial score (nSPS) is 15.9. The molecule has 0 spiro atoms. The van der Waals surface area contributed by atoms with E-state index in [1.807, 2.05) is 36.4 Å². The molecular weight excluding hydrogens is 428 g/mol. The van der Waals surface area contributed by atoms with E-state index in [-0.39, 0.29) is 12.4 Å². The van der Waals surface area contributed by atoms with Crippen LogP contribution in [0, 0.1) is 13.8 Å². The lowest BCUT2D eigenvalue weighted by Gasteiger charge is -2.35. The van der Waals surface area contributed by atoms with Gasteiger partial charge in [-0.15, -0.1) is 0 Å². The minimum Gasteiger partial charge on any atom is -0.491 e. The molecule has 2 heterocycles. The Morgan fingerprint density at radius 3 is 2.56 bits per heavy atom. The first kappa shape index (κ1) is 24.1. The summed E-state index contributed by atoms with van der Waals surface area (Å²) in [5.74, 6) is 0.924. The maximum atomic E-state index is 12.5. The number of para-hydroxylation sites is 1. The van der Waals surface area contributed by atoms with E-state index < -0.39 is 6.10 Å². The summed E-state index contributed by atoms with van der Waals surface area (Å²) in [5.41, 5.74) is 4.29. The number of aliphatic hydroxyl groups is 1. The smallest absolute Gasteiger partial charge is 0.165 e. The summed E-state index contributed by atoms with van der Waals surface area (Å²) in [4.78, 5) is 21.2. The van der Waals surface area contributed by atoms with Gasteiger partial charge in [-0.05, 0) is 49.2 Å². The van der Waals surface area contributed by atoms with Crippen LogP contribution in [0.25, 0.3) is 10.9 Å². The summed E-state index contributed by atoms with van der Waals surface area (Å²) >= 11 is 0. The Kier molecular flexibility index (Phi) is 8.11. The van der Waals surface area contributed by atoms with Crippen molar-refractivity contribution in [1.82, 2.24) is 14.8 Å². The van der Waals surface area contributed by atoms with E-state index in [0.29, 0.717) is 19.6 Å². The molecular formula is C27H34N4O3. The molecule has 1 aliphatic heterocycles. The van der Waals surface area contributed by atoms with Crippen molar-refractivity contribution >= 4 is 22.4 Å². The summed E-state index contributed by atoms with van der Waals surface area (Å²) in [6.07, 6.45) is 1.20. The number of benzene rings is 2. The Hall–Kier alpha value is -3.00. The van der Waals surface area contributed by atoms with Gasteiger partial charge in [-0.25, -0.2) is 0 Å². The maximum absolute atomic E-state index is 12.5. The van der Waals surface area contributed by atoms with Crippen molar-refractivity contribution in [3.05, 3.63) is 65.9 Å². The average Bonchev–Trinajstić information content (AvgIpc) is 2.83. The van der Waals surface area contributed by atoms with Crippen LogP contribution in [0.4, 0.5) is 5.69 Å². The number of aromatic nitrogens is 1. The van der Waals surface area contributed by atoms with Gasteiger partial charge in [0.15, 0.2) is 5.78 Å². The number of carbonyl (C=O) groups is 1. The van der Waals surface area contributed by atoms with E-state index in [2.05, 4.69) is 46.1 Å². The third-order valence-electron chi connectivity index (χ3n) is 6.29. The zero-order valence-corrected chi connectivity index (χ0v) is 20.0.